The maximum absolute atomic E-state index is 13.4. The van der Waals surface area contributed by atoms with Gasteiger partial charge in [-0.1, -0.05) is 36.4 Å². The van der Waals surface area contributed by atoms with Gasteiger partial charge in [-0.3, -0.25) is 14.9 Å². The van der Waals surface area contributed by atoms with Gasteiger partial charge < -0.3 is 4.74 Å². The number of halogens is 1. The first-order valence-electron chi connectivity index (χ1n) is 10.9. The van der Waals surface area contributed by atoms with Gasteiger partial charge >= 0.3 is 12.0 Å². The molecule has 35 heavy (non-hydrogen) atoms. The van der Waals surface area contributed by atoms with Crippen LogP contribution in [0.25, 0.3) is 6.08 Å². The fourth-order valence-electron chi connectivity index (χ4n) is 3.63. The number of ether oxygens (including phenoxy) is 1. The molecule has 4 rings (SSSR count). The van der Waals surface area contributed by atoms with Crippen LogP contribution >= 0.6 is 0 Å². The molecule has 3 aromatic carbocycles. The number of carbonyl (C=O) groups is 4. The lowest BCUT2D eigenvalue weighted by Crippen LogP contribution is -2.54. The molecule has 0 aromatic heterocycles. The quantitative estimate of drug-likeness (QED) is 0.329. The third-order valence-electron chi connectivity index (χ3n) is 5.33. The molecule has 0 spiro atoms. The van der Waals surface area contributed by atoms with Crippen molar-refractivity contribution in [3.8, 4) is 0 Å². The number of benzene rings is 3. The van der Waals surface area contributed by atoms with Gasteiger partial charge in [-0.05, 0) is 72.5 Å². The highest BCUT2D eigenvalue weighted by Gasteiger charge is 2.36. The number of rotatable bonds is 6. The molecule has 0 aliphatic carbocycles. The summed E-state index contributed by atoms with van der Waals surface area (Å²) in [6.07, 6.45) is 1.92. The van der Waals surface area contributed by atoms with Crippen molar-refractivity contribution in [3.63, 3.8) is 0 Å². The number of hydrogen-bond donors (Lipinski definition) is 1. The fraction of sp³-hybridized carbons (Fsp3) is 0.111. The van der Waals surface area contributed by atoms with Crippen LogP contribution in [0.2, 0.25) is 0 Å². The summed E-state index contributed by atoms with van der Waals surface area (Å²) in [6.45, 7) is 1.90. The van der Waals surface area contributed by atoms with Crippen LogP contribution in [0, 0.1) is 5.82 Å². The van der Waals surface area contributed by atoms with Crippen molar-refractivity contribution in [1.82, 2.24) is 5.32 Å². The number of urea groups is 1. The molecule has 1 N–H and O–H groups in total. The van der Waals surface area contributed by atoms with Crippen LogP contribution < -0.4 is 10.2 Å². The van der Waals surface area contributed by atoms with E-state index in [1.54, 1.807) is 25.1 Å². The van der Waals surface area contributed by atoms with Crippen LogP contribution in [0.15, 0.2) is 78.4 Å². The second kappa shape index (κ2) is 10.1. The van der Waals surface area contributed by atoms with Crippen LogP contribution in [0.3, 0.4) is 0 Å². The van der Waals surface area contributed by atoms with Gasteiger partial charge in [-0.15, -0.1) is 0 Å². The van der Waals surface area contributed by atoms with Crippen molar-refractivity contribution >= 4 is 35.6 Å². The number of imide groups is 2. The van der Waals surface area contributed by atoms with Crippen LogP contribution in [0.4, 0.5) is 14.9 Å². The molecule has 7 nitrogen and oxygen atoms in total. The number of esters is 1. The molecule has 176 valence electrons. The van der Waals surface area contributed by atoms with Crippen LogP contribution in [-0.4, -0.2) is 30.4 Å². The Hall–Kier alpha value is -4.59. The van der Waals surface area contributed by atoms with Gasteiger partial charge in [0.2, 0.25) is 0 Å². The minimum atomic E-state index is -0.883. The van der Waals surface area contributed by atoms with Crippen LogP contribution in [0.1, 0.15) is 34.0 Å². The Bertz CT molecular complexity index is 1330. The Kier molecular flexibility index (Phi) is 6.82. The summed E-state index contributed by atoms with van der Waals surface area (Å²) < 4.78 is 18.3. The first-order valence-corrected chi connectivity index (χ1v) is 10.9. The first kappa shape index (κ1) is 23.6. The highest BCUT2D eigenvalue weighted by Crippen LogP contribution is 2.23. The number of barbiturate groups is 1. The number of hydrogen-bond acceptors (Lipinski definition) is 5. The van der Waals surface area contributed by atoms with Crippen LogP contribution in [0.5, 0.6) is 0 Å². The smallest absolute Gasteiger partial charge is 0.338 e. The predicted octanol–water partition coefficient (Wildman–Crippen LogP) is 4.26. The summed E-state index contributed by atoms with van der Waals surface area (Å²) in [6, 6.07) is 18.3. The van der Waals surface area contributed by atoms with E-state index in [1.807, 2.05) is 18.2 Å². The zero-order chi connectivity index (χ0) is 24.9. The Balaban J connectivity index is 1.54. The Labute approximate surface area is 200 Å². The number of anilines is 1. The second-order valence-electron chi connectivity index (χ2n) is 7.77. The summed E-state index contributed by atoms with van der Waals surface area (Å²) in [5, 5.41) is 2.17. The predicted molar refractivity (Wildman–Crippen MR) is 127 cm³/mol. The molecule has 1 fully saturated rings. The van der Waals surface area contributed by atoms with E-state index in [4.69, 9.17) is 4.74 Å². The van der Waals surface area contributed by atoms with Crippen molar-refractivity contribution < 1.29 is 28.3 Å². The van der Waals surface area contributed by atoms with E-state index in [1.165, 1.54) is 42.5 Å². The highest BCUT2D eigenvalue weighted by molar-refractivity contribution is 6.39. The molecule has 1 aliphatic heterocycles. The van der Waals surface area contributed by atoms with Gasteiger partial charge in [-0.25, -0.2) is 18.9 Å². The maximum Gasteiger partial charge on any atom is 0.338 e. The SMILES string of the molecule is CCOC(=O)c1ccc(N2C(=O)NC(=O)/C(=C\c3ccc(Cc4cccc(F)c4)cc3)C2=O)cc1. The minimum Gasteiger partial charge on any atom is -0.462 e. The minimum absolute atomic E-state index is 0.199. The average Bonchev–Trinajstić information content (AvgIpc) is 2.83. The van der Waals surface area contributed by atoms with Gasteiger partial charge in [-0.2, -0.15) is 0 Å². The molecule has 4 amide bonds. The standard InChI is InChI=1S/C27H21FN2O5/c1-2-35-26(33)20-10-12-22(13-11-20)30-25(32)23(24(31)29-27(30)34)16-18-8-6-17(7-9-18)14-19-4-3-5-21(28)15-19/h3-13,15-16H,2,14H2,1H3,(H,29,31,34)/b23-16+. The van der Waals surface area contributed by atoms with E-state index >= 15 is 0 Å². The number of carbonyl (C=O) groups excluding carboxylic acids is 4. The molecule has 1 saturated heterocycles. The van der Waals surface area contributed by atoms with E-state index in [-0.39, 0.29) is 29.2 Å². The number of amides is 4. The summed E-state index contributed by atoms with van der Waals surface area (Å²) in [7, 11) is 0. The molecule has 0 atom stereocenters. The molecule has 0 saturated carbocycles. The third-order valence-corrected chi connectivity index (χ3v) is 5.33. The largest absolute Gasteiger partial charge is 0.462 e. The maximum atomic E-state index is 13.4. The summed E-state index contributed by atoms with van der Waals surface area (Å²) in [5.41, 5.74) is 2.59. The summed E-state index contributed by atoms with van der Waals surface area (Å²) in [4.78, 5) is 50.6. The Morgan fingerprint density at radius 3 is 2.34 bits per heavy atom. The van der Waals surface area contributed by atoms with Gasteiger partial charge in [0, 0.05) is 0 Å². The van der Waals surface area contributed by atoms with E-state index in [9.17, 15) is 23.6 Å². The normalized spacial score (nSPS) is 14.7. The van der Waals surface area contributed by atoms with Gasteiger partial charge in [0.05, 0.1) is 17.9 Å². The van der Waals surface area contributed by atoms with Crippen LogP contribution in [-0.2, 0) is 20.7 Å². The Morgan fingerprint density at radius 2 is 1.69 bits per heavy atom. The lowest BCUT2D eigenvalue weighted by Gasteiger charge is -2.26. The zero-order valence-corrected chi connectivity index (χ0v) is 18.8. The van der Waals surface area contributed by atoms with Crippen molar-refractivity contribution in [2.24, 2.45) is 0 Å². The topological polar surface area (TPSA) is 92.8 Å². The van der Waals surface area contributed by atoms with Crippen molar-refractivity contribution in [2.75, 3.05) is 11.5 Å². The molecule has 3 aromatic rings. The number of nitrogens with zero attached hydrogens (tertiary/aromatic N) is 1. The van der Waals surface area contributed by atoms with E-state index in [2.05, 4.69) is 5.32 Å². The molecular formula is C27H21FN2O5. The Morgan fingerprint density at radius 1 is 0.971 bits per heavy atom. The van der Waals surface area contributed by atoms with Gasteiger partial charge in [0.25, 0.3) is 11.8 Å². The lowest BCUT2D eigenvalue weighted by molar-refractivity contribution is -0.122. The zero-order valence-electron chi connectivity index (χ0n) is 18.8. The summed E-state index contributed by atoms with van der Waals surface area (Å²) >= 11 is 0. The van der Waals surface area contributed by atoms with E-state index in [0.29, 0.717) is 12.0 Å². The van der Waals surface area contributed by atoms with E-state index in [0.717, 1.165) is 16.0 Å². The molecular weight excluding hydrogens is 451 g/mol. The second-order valence-corrected chi connectivity index (χ2v) is 7.77. The summed E-state index contributed by atoms with van der Waals surface area (Å²) in [5.74, 6) is -2.42. The average molecular weight is 472 g/mol. The third kappa shape index (κ3) is 5.33. The van der Waals surface area contributed by atoms with Gasteiger partial charge in [0.1, 0.15) is 11.4 Å². The lowest BCUT2D eigenvalue weighted by atomic mass is 10.0. The van der Waals surface area contributed by atoms with Crippen molar-refractivity contribution in [3.05, 3.63) is 106 Å². The molecule has 1 heterocycles. The molecule has 0 unspecified atom stereocenters. The van der Waals surface area contributed by atoms with Crippen molar-refractivity contribution in [2.45, 2.75) is 13.3 Å². The first-order chi connectivity index (χ1) is 16.9. The molecule has 0 radical (unpaired) electrons. The van der Waals surface area contributed by atoms with Gasteiger partial charge in [0.15, 0.2) is 0 Å². The fourth-order valence-corrected chi connectivity index (χ4v) is 3.63. The number of nitrogens with one attached hydrogen (secondary N) is 1. The molecule has 0 bridgehead atoms. The molecule has 1 aliphatic rings. The highest BCUT2D eigenvalue weighted by atomic mass is 19.1. The molecule has 8 heteroatoms. The van der Waals surface area contributed by atoms with Crippen molar-refractivity contribution in [1.29, 1.82) is 0 Å². The van der Waals surface area contributed by atoms with E-state index < -0.39 is 23.8 Å². The monoisotopic (exact) mass is 472 g/mol.